The average Bonchev–Trinajstić information content (AvgIpc) is 2.40. The molecule has 0 aromatic heterocycles. The number of carbonyl (C=O) groups excluding carboxylic acids is 2. The summed E-state index contributed by atoms with van der Waals surface area (Å²) in [5.74, 6) is -1.46. The molecule has 0 saturated carbocycles. The summed E-state index contributed by atoms with van der Waals surface area (Å²) in [4.78, 5) is 23.4. The first kappa shape index (κ1) is 15.2. The van der Waals surface area contributed by atoms with Crippen LogP contribution in [0.15, 0.2) is 18.2 Å². The summed E-state index contributed by atoms with van der Waals surface area (Å²) in [7, 11) is 0. The van der Waals surface area contributed by atoms with E-state index in [1.165, 1.54) is 0 Å². The highest BCUT2D eigenvalue weighted by Crippen LogP contribution is 2.17. The van der Waals surface area contributed by atoms with Crippen LogP contribution in [0, 0.1) is 13.8 Å². The highest BCUT2D eigenvalue weighted by atomic mass is 16.3. The van der Waals surface area contributed by atoms with Crippen LogP contribution in [0.1, 0.15) is 24.5 Å². The molecule has 0 bridgehead atoms. The van der Waals surface area contributed by atoms with Gasteiger partial charge in [-0.3, -0.25) is 9.59 Å². The number of anilines is 1. The minimum absolute atomic E-state index is 0.182. The fraction of sp³-hybridized carbons (Fsp3) is 0.429. The summed E-state index contributed by atoms with van der Waals surface area (Å²) in [6.07, 6.45) is 0.568. The molecule has 0 heterocycles. The Morgan fingerprint density at radius 2 is 1.95 bits per heavy atom. The van der Waals surface area contributed by atoms with Crippen molar-refractivity contribution in [2.45, 2.75) is 33.2 Å². The molecular formula is C14H20N2O3. The number of benzene rings is 1. The Kier molecular flexibility index (Phi) is 5.51. The number of amides is 2. The lowest BCUT2D eigenvalue weighted by molar-refractivity contribution is -0.136. The number of nitrogens with one attached hydrogen (secondary N) is 2. The molecule has 1 rings (SSSR count). The van der Waals surface area contributed by atoms with E-state index in [9.17, 15) is 9.59 Å². The van der Waals surface area contributed by atoms with Gasteiger partial charge in [0.15, 0.2) is 0 Å². The van der Waals surface area contributed by atoms with Gasteiger partial charge in [-0.15, -0.1) is 0 Å². The molecule has 0 aliphatic carbocycles. The minimum atomic E-state index is -0.734. The van der Waals surface area contributed by atoms with Gasteiger partial charge in [0.1, 0.15) is 0 Å². The Balaban J connectivity index is 2.69. The Morgan fingerprint density at radius 3 is 2.53 bits per heavy atom. The zero-order valence-corrected chi connectivity index (χ0v) is 11.5. The van der Waals surface area contributed by atoms with E-state index in [4.69, 9.17) is 5.11 Å². The van der Waals surface area contributed by atoms with E-state index < -0.39 is 17.9 Å². The zero-order valence-electron chi connectivity index (χ0n) is 11.5. The second kappa shape index (κ2) is 6.89. The van der Waals surface area contributed by atoms with Gasteiger partial charge in [0.2, 0.25) is 0 Å². The topological polar surface area (TPSA) is 78.4 Å². The monoisotopic (exact) mass is 264 g/mol. The highest BCUT2D eigenvalue weighted by molar-refractivity contribution is 6.39. The average molecular weight is 264 g/mol. The summed E-state index contributed by atoms with van der Waals surface area (Å²) >= 11 is 0. The van der Waals surface area contributed by atoms with Gasteiger partial charge >= 0.3 is 11.8 Å². The van der Waals surface area contributed by atoms with Crippen LogP contribution in [0.4, 0.5) is 5.69 Å². The van der Waals surface area contributed by atoms with Crippen LogP contribution >= 0.6 is 0 Å². The number of carbonyl (C=O) groups is 2. The van der Waals surface area contributed by atoms with Gasteiger partial charge in [-0.1, -0.05) is 19.1 Å². The van der Waals surface area contributed by atoms with Crippen molar-refractivity contribution in [2.24, 2.45) is 0 Å². The third-order valence-electron chi connectivity index (χ3n) is 3.11. The van der Waals surface area contributed by atoms with E-state index in [-0.39, 0.29) is 6.61 Å². The standard InChI is InChI=1S/C14H20N2O3/c1-4-11(8-17)15-13(18)14(19)16-12-7-5-6-9(2)10(12)3/h5-7,11,17H,4,8H2,1-3H3,(H,15,18)(H,16,19). The van der Waals surface area contributed by atoms with Gasteiger partial charge in [-0.25, -0.2) is 0 Å². The fourth-order valence-electron chi connectivity index (χ4n) is 1.59. The number of rotatable bonds is 4. The molecule has 1 atom stereocenters. The van der Waals surface area contributed by atoms with Gasteiger partial charge < -0.3 is 15.7 Å². The largest absolute Gasteiger partial charge is 0.394 e. The summed E-state index contributed by atoms with van der Waals surface area (Å²) in [6.45, 7) is 5.46. The first-order chi connectivity index (χ1) is 8.99. The van der Waals surface area contributed by atoms with Crippen LogP contribution in [0.25, 0.3) is 0 Å². The lowest BCUT2D eigenvalue weighted by Gasteiger charge is -2.14. The number of aryl methyl sites for hydroxylation is 1. The molecular weight excluding hydrogens is 244 g/mol. The quantitative estimate of drug-likeness (QED) is 0.713. The van der Waals surface area contributed by atoms with Crippen molar-refractivity contribution in [2.75, 3.05) is 11.9 Å². The van der Waals surface area contributed by atoms with E-state index in [0.717, 1.165) is 11.1 Å². The molecule has 0 aliphatic rings. The van der Waals surface area contributed by atoms with E-state index in [1.807, 2.05) is 32.9 Å². The Labute approximate surface area is 113 Å². The number of hydrogen-bond donors (Lipinski definition) is 3. The van der Waals surface area contributed by atoms with E-state index >= 15 is 0 Å². The molecule has 2 amide bonds. The maximum absolute atomic E-state index is 11.7. The predicted octanol–water partition coefficient (Wildman–Crippen LogP) is 1.13. The molecule has 0 saturated heterocycles. The van der Waals surface area contributed by atoms with Gasteiger partial charge in [-0.05, 0) is 37.5 Å². The molecule has 1 aromatic rings. The van der Waals surface area contributed by atoms with Gasteiger partial charge in [0, 0.05) is 5.69 Å². The second-order valence-corrected chi connectivity index (χ2v) is 4.46. The molecule has 0 fully saturated rings. The van der Waals surface area contributed by atoms with Crippen LogP contribution < -0.4 is 10.6 Å². The molecule has 1 unspecified atom stereocenters. The van der Waals surface area contributed by atoms with Crippen LogP contribution in [-0.2, 0) is 9.59 Å². The minimum Gasteiger partial charge on any atom is -0.394 e. The lowest BCUT2D eigenvalue weighted by atomic mass is 10.1. The van der Waals surface area contributed by atoms with Crippen molar-refractivity contribution in [3.05, 3.63) is 29.3 Å². The Bertz CT molecular complexity index is 468. The van der Waals surface area contributed by atoms with Gasteiger partial charge in [0.05, 0.1) is 12.6 Å². The fourth-order valence-corrected chi connectivity index (χ4v) is 1.59. The summed E-state index contributed by atoms with van der Waals surface area (Å²) in [6, 6.07) is 5.11. The molecule has 0 radical (unpaired) electrons. The van der Waals surface area contributed by atoms with Crippen molar-refractivity contribution in [3.8, 4) is 0 Å². The SMILES string of the molecule is CCC(CO)NC(=O)C(=O)Nc1cccc(C)c1C. The molecule has 5 nitrogen and oxygen atoms in total. The second-order valence-electron chi connectivity index (χ2n) is 4.46. The maximum Gasteiger partial charge on any atom is 0.313 e. The third kappa shape index (κ3) is 4.06. The van der Waals surface area contributed by atoms with Crippen molar-refractivity contribution in [3.63, 3.8) is 0 Å². The third-order valence-corrected chi connectivity index (χ3v) is 3.11. The van der Waals surface area contributed by atoms with Crippen molar-refractivity contribution >= 4 is 17.5 Å². The number of hydrogen-bond acceptors (Lipinski definition) is 3. The van der Waals surface area contributed by atoms with Gasteiger partial charge in [0.25, 0.3) is 0 Å². The molecule has 0 spiro atoms. The molecule has 104 valence electrons. The van der Waals surface area contributed by atoms with E-state index in [0.29, 0.717) is 12.1 Å². The summed E-state index contributed by atoms with van der Waals surface area (Å²) in [5.41, 5.74) is 2.59. The first-order valence-electron chi connectivity index (χ1n) is 6.28. The molecule has 1 aromatic carbocycles. The highest BCUT2D eigenvalue weighted by Gasteiger charge is 2.17. The van der Waals surface area contributed by atoms with Crippen molar-refractivity contribution in [1.82, 2.24) is 5.32 Å². The number of aliphatic hydroxyl groups excluding tert-OH is 1. The Hall–Kier alpha value is -1.88. The molecule has 5 heteroatoms. The summed E-state index contributed by atoms with van der Waals surface area (Å²) in [5, 5.41) is 14.0. The number of aliphatic hydroxyl groups is 1. The van der Waals surface area contributed by atoms with Gasteiger partial charge in [-0.2, -0.15) is 0 Å². The maximum atomic E-state index is 11.7. The zero-order chi connectivity index (χ0) is 14.4. The van der Waals surface area contributed by atoms with E-state index in [1.54, 1.807) is 6.07 Å². The molecule has 3 N–H and O–H groups in total. The van der Waals surface area contributed by atoms with Crippen molar-refractivity contribution < 1.29 is 14.7 Å². The first-order valence-corrected chi connectivity index (χ1v) is 6.28. The predicted molar refractivity (Wildman–Crippen MR) is 73.9 cm³/mol. The van der Waals surface area contributed by atoms with Crippen LogP contribution in [0.3, 0.4) is 0 Å². The van der Waals surface area contributed by atoms with Crippen molar-refractivity contribution in [1.29, 1.82) is 0 Å². The van der Waals surface area contributed by atoms with Crippen LogP contribution in [0.5, 0.6) is 0 Å². The lowest BCUT2D eigenvalue weighted by Crippen LogP contribution is -2.43. The molecule has 19 heavy (non-hydrogen) atoms. The van der Waals surface area contributed by atoms with E-state index in [2.05, 4.69) is 10.6 Å². The normalized spacial score (nSPS) is 11.8. The molecule has 0 aliphatic heterocycles. The van der Waals surface area contributed by atoms with Crippen LogP contribution in [-0.4, -0.2) is 29.6 Å². The smallest absolute Gasteiger partial charge is 0.313 e. The Morgan fingerprint density at radius 1 is 1.26 bits per heavy atom. The van der Waals surface area contributed by atoms with Crippen LogP contribution in [0.2, 0.25) is 0 Å². The summed E-state index contributed by atoms with van der Waals surface area (Å²) < 4.78 is 0.